The van der Waals surface area contributed by atoms with Crippen molar-refractivity contribution in [3.63, 3.8) is 0 Å². The lowest BCUT2D eigenvalue weighted by Crippen LogP contribution is -2.47. The van der Waals surface area contributed by atoms with Crippen LogP contribution in [0, 0.1) is 11.8 Å². The molecule has 0 aromatic carbocycles. The van der Waals surface area contributed by atoms with Crippen LogP contribution in [0.25, 0.3) is 0 Å². The van der Waals surface area contributed by atoms with E-state index >= 15 is 0 Å². The van der Waals surface area contributed by atoms with E-state index in [0.29, 0.717) is 17.6 Å². The summed E-state index contributed by atoms with van der Waals surface area (Å²) in [6.45, 7) is 2.99. The van der Waals surface area contributed by atoms with Gasteiger partial charge >= 0.3 is 0 Å². The first kappa shape index (κ1) is 14.0. The van der Waals surface area contributed by atoms with Gasteiger partial charge in [0.05, 0.1) is 6.04 Å². The van der Waals surface area contributed by atoms with Crippen LogP contribution in [0.5, 0.6) is 0 Å². The molecule has 2 aliphatic rings. The number of carbonyl (C=O) groups is 1. The van der Waals surface area contributed by atoms with Gasteiger partial charge in [0.15, 0.2) is 0 Å². The van der Waals surface area contributed by atoms with Gasteiger partial charge in [0, 0.05) is 28.9 Å². The Morgan fingerprint density at radius 1 is 1.50 bits per heavy atom. The maximum Gasteiger partial charge on any atom is 0.237 e. The quantitative estimate of drug-likeness (QED) is 0.772. The zero-order valence-electron chi connectivity index (χ0n) is 11.3. The van der Waals surface area contributed by atoms with Crippen molar-refractivity contribution < 1.29 is 9.00 Å². The third-order valence-electron chi connectivity index (χ3n) is 4.26. The van der Waals surface area contributed by atoms with Gasteiger partial charge in [-0.3, -0.25) is 9.00 Å². The largest absolute Gasteiger partial charge is 0.352 e. The Kier molecular flexibility index (Phi) is 4.78. The Bertz CT molecular complexity index is 335. The second-order valence-corrected chi connectivity index (χ2v) is 7.27. The summed E-state index contributed by atoms with van der Waals surface area (Å²) in [6, 6.07) is 0.121. The van der Waals surface area contributed by atoms with E-state index in [-0.39, 0.29) is 18.0 Å². The van der Waals surface area contributed by atoms with E-state index < -0.39 is 10.8 Å². The highest BCUT2D eigenvalue weighted by Gasteiger charge is 2.42. The van der Waals surface area contributed by atoms with Crippen molar-refractivity contribution in [3.8, 4) is 0 Å². The number of amides is 1. The van der Waals surface area contributed by atoms with Crippen molar-refractivity contribution in [2.75, 3.05) is 18.6 Å². The summed E-state index contributed by atoms with van der Waals surface area (Å²) in [4.78, 5) is 12.2. The molecule has 1 amide bonds. The van der Waals surface area contributed by atoms with Crippen molar-refractivity contribution in [2.24, 2.45) is 11.8 Å². The van der Waals surface area contributed by atoms with Crippen LogP contribution in [0.15, 0.2) is 0 Å². The van der Waals surface area contributed by atoms with Gasteiger partial charge < -0.3 is 10.6 Å². The van der Waals surface area contributed by atoms with Gasteiger partial charge in [-0.2, -0.15) is 0 Å². The molecule has 4 nitrogen and oxygen atoms in total. The van der Waals surface area contributed by atoms with E-state index in [2.05, 4.69) is 10.6 Å². The monoisotopic (exact) mass is 272 g/mol. The van der Waals surface area contributed by atoms with Crippen molar-refractivity contribution in [3.05, 3.63) is 0 Å². The number of nitrogens with one attached hydrogen (secondary N) is 2. The van der Waals surface area contributed by atoms with Crippen LogP contribution >= 0.6 is 0 Å². The van der Waals surface area contributed by atoms with Crippen LogP contribution in [0.3, 0.4) is 0 Å². The fourth-order valence-electron chi connectivity index (χ4n) is 3.22. The van der Waals surface area contributed by atoms with Crippen molar-refractivity contribution in [1.82, 2.24) is 10.6 Å². The van der Waals surface area contributed by atoms with E-state index in [4.69, 9.17) is 0 Å². The fourth-order valence-corrected chi connectivity index (χ4v) is 3.91. The molecule has 0 bridgehead atoms. The lowest BCUT2D eigenvalue weighted by molar-refractivity contribution is -0.124. The van der Waals surface area contributed by atoms with Crippen LogP contribution < -0.4 is 10.6 Å². The molecule has 0 spiro atoms. The van der Waals surface area contributed by atoms with Gasteiger partial charge in [0.1, 0.15) is 0 Å². The minimum Gasteiger partial charge on any atom is -0.352 e. The standard InChI is InChI=1S/C13H24N2O2S/c1-9(6-7-18(2)17)15-13(16)12-11-5-3-4-10(11)8-14-12/h9-12,14H,3-8H2,1-2H3,(H,15,16). The first-order chi connectivity index (χ1) is 8.58. The molecule has 1 heterocycles. The van der Waals surface area contributed by atoms with Crippen LogP contribution in [0.1, 0.15) is 32.6 Å². The van der Waals surface area contributed by atoms with Gasteiger partial charge in [0.25, 0.3) is 0 Å². The first-order valence-electron chi connectivity index (χ1n) is 6.91. The van der Waals surface area contributed by atoms with Gasteiger partial charge in [-0.15, -0.1) is 0 Å². The second-order valence-electron chi connectivity index (χ2n) is 5.72. The minimum atomic E-state index is -0.774. The zero-order chi connectivity index (χ0) is 13.1. The minimum absolute atomic E-state index is 0.00655. The number of fused-ring (bicyclic) bond motifs is 1. The highest BCUT2D eigenvalue weighted by molar-refractivity contribution is 7.84. The Balaban J connectivity index is 1.79. The molecule has 2 rings (SSSR count). The van der Waals surface area contributed by atoms with Crippen molar-refractivity contribution in [2.45, 2.75) is 44.7 Å². The molecular weight excluding hydrogens is 248 g/mol. The molecule has 18 heavy (non-hydrogen) atoms. The summed E-state index contributed by atoms with van der Waals surface area (Å²) in [7, 11) is -0.774. The van der Waals surface area contributed by atoms with Crippen molar-refractivity contribution >= 4 is 16.7 Å². The number of hydrogen-bond donors (Lipinski definition) is 2. The average Bonchev–Trinajstić information content (AvgIpc) is 2.87. The van der Waals surface area contributed by atoms with Gasteiger partial charge in [0.2, 0.25) is 5.91 Å². The van der Waals surface area contributed by atoms with Gasteiger partial charge in [-0.1, -0.05) is 6.42 Å². The molecule has 0 aromatic heterocycles. The van der Waals surface area contributed by atoms with Gasteiger partial charge in [-0.05, 0) is 44.6 Å². The van der Waals surface area contributed by atoms with Gasteiger partial charge in [-0.25, -0.2) is 0 Å². The average molecular weight is 272 g/mol. The summed E-state index contributed by atoms with van der Waals surface area (Å²) in [5.74, 6) is 2.04. The maximum absolute atomic E-state index is 12.2. The Labute approximate surface area is 112 Å². The Morgan fingerprint density at radius 3 is 3.00 bits per heavy atom. The molecular formula is C13H24N2O2S. The molecule has 5 atom stereocenters. The van der Waals surface area contributed by atoms with E-state index in [9.17, 15) is 9.00 Å². The van der Waals surface area contributed by atoms with Crippen LogP contribution in [-0.2, 0) is 15.6 Å². The molecule has 1 aliphatic carbocycles. The molecule has 104 valence electrons. The molecule has 5 heteroatoms. The van der Waals surface area contributed by atoms with Crippen LogP contribution in [0.2, 0.25) is 0 Å². The smallest absolute Gasteiger partial charge is 0.237 e. The van der Waals surface area contributed by atoms with E-state index in [0.717, 1.165) is 13.0 Å². The molecule has 1 saturated heterocycles. The highest BCUT2D eigenvalue weighted by atomic mass is 32.2. The fraction of sp³-hybridized carbons (Fsp3) is 0.923. The SMILES string of the molecule is CC(CCS(C)=O)NC(=O)C1NCC2CCCC21. The highest BCUT2D eigenvalue weighted by Crippen LogP contribution is 2.37. The van der Waals surface area contributed by atoms with E-state index in [1.807, 2.05) is 6.92 Å². The van der Waals surface area contributed by atoms with E-state index in [1.54, 1.807) is 6.26 Å². The zero-order valence-corrected chi connectivity index (χ0v) is 12.1. The summed E-state index contributed by atoms with van der Waals surface area (Å²) in [5.41, 5.74) is 0. The Hall–Kier alpha value is -0.420. The molecule has 0 aromatic rings. The third kappa shape index (κ3) is 3.32. The maximum atomic E-state index is 12.2. The topological polar surface area (TPSA) is 58.2 Å². The molecule has 2 N–H and O–H groups in total. The molecule has 2 fully saturated rings. The molecule has 5 unspecified atom stereocenters. The Morgan fingerprint density at radius 2 is 2.28 bits per heavy atom. The summed E-state index contributed by atoms with van der Waals surface area (Å²) in [5, 5.41) is 6.41. The summed E-state index contributed by atoms with van der Waals surface area (Å²) < 4.78 is 11.0. The molecule has 1 aliphatic heterocycles. The molecule has 0 radical (unpaired) electrons. The normalized spacial score (nSPS) is 34.0. The summed E-state index contributed by atoms with van der Waals surface area (Å²) >= 11 is 0. The molecule has 1 saturated carbocycles. The first-order valence-corrected chi connectivity index (χ1v) is 8.64. The van der Waals surface area contributed by atoms with Crippen molar-refractivity contribution in [1.29, 1.82) is 0 Å². The van der Waals surface area contributed by atoms with Crippen LogP contribution in [0.4, 0.5) is 0 Å². The lowest BCUT2D eigenvalue weighted by Gasteiger charge is -2.21. The second kappa shape index (κ2) is 6.15. The van der Waals surface area contributed by atoms with Crippen LogP contribution in [-0.4, -0.2) is 40.8 Å². The predicted octanol–water partition coefficient (Wildman–Crippen LogP) is 0.648. The lowest BCUT2D eigenvalue weighted by atomic mass is 9.93. The number of carbonyl (C=O) groups excluding carboxylic acids is 1. The number of rotatable bonds is 5. The predicted molar refractivity (Wildman–Crippen MR) is 73.8 cm³/mol. The third-order valence-corrected chi connectivity index (χ3v) is 5.07. The van der Waals surface area contributed by atoms with E-state index in [1.165, 1.54) is 19.3 Å². The summed E-state index contributed by atoms with van der Waals surface area (Å²) in [6.07, 6.45) is 6.21. The number of hydrogen-bond acceptors (Lipinski definition) is 3.